The lowest BCUT2D eigenvalue weighted by Crippen LogP contribution is -2.31. The average Bonchev–Trinajstić information content (AvgIpc) is 3.38. The zero-order valence-electron chi connectivity index (χ0n) is 18.1. The fraction of sp³-hybridized carbons (Fsp3) is 0.364. The molecule has 0 bridgehead atoms. The van der Waals surface area contributed by atoms with Crippen LogP contribution < -0.4 is 15.8 Å². The zero-order valence-corrected chi connectivity index (χ0v) is 18.8. The van der Waals surface area contributed by atoms with E-state index in [1.807, 2.05) is 0 Å². The molecule has 1 saturated heterocycles. The van der Waals surface area contributed by atoms with E-state index < -0.39 is 29.8 Å². The molecule has 4 rings (SSSR count). The molecule has 1 aromatic heterocycles. The Kier molecular flexibility index (Phi) is 6.22. The van der Waals surface area contributed by atoms with Gasteiger partial charge in [-0.1, -0.05) is 11.6 Å². The number of aromatic nitrogens is 2. The number of halogens is 2. The number of nitrogens with zero attached hydrogens (tertiary/aromatic N) is 3. The van der Waals surface area contributed by atoms with Crippen molar-refractivity contribution in [2.45, 2.75) is 32.4 Å². The molecule has 0 saturated carbocycles. The van der Waals surface area contributed by atoms with Gasteiger partial charge in [-0.15, -0.1) is 0 Å². The van der Waals surface area contributed by atoms with Gasteiger partial charge in [-0.05, 0) is 26.0 Å². The molecule has 2 atom stereocenters. The Labute approximate surface area is 194 Å². The number of ether oxygens (including phenoxy) is 1. The van der Waals surface area contributed by atoms with Gasteiger partial charge in [-0.3, -0.25) is 9.59 Å². The van der Waals surface area contributed by atoms with Gasteiger partial charge in [0.05, 0.1) is 35.1 Å². The van der Waals surface area contributed by atoms with Crippen molar-refractivity contribution in [2.24, 2.45) is 5.73 Å². The number of hydrogen-bond acceptors (Lipinski definition) is 7. The maximum atomic E-state index is 14.0. The maximum absolute atomic E-state index is 14.0. The monoisotopic (exact) mass is 475 g/mol. The lowest BCUT2D eigenvalue weighted by atomic mass is 10.1. The summed E-state index contributed by atoms with van der Waals surface area (Å²) in [7, 11) is 0. The Morgan fingerprint density at radius 1 is 1.27 bits per heavy atom. The molecular formula is C22H23ClFN5O4. The van der Waals surface area contributed by atoms with Gasteiger partial charge < -0.3 is 25.8 Å². The van der Waals surface area contributed by atoms with E-state index in [0.717, 1.165) is 6.07 Å². The van der Waals surface area contributed by atoms with E-state index >= 15 is 0 Å². The smallest absolute Gasteiger partial charge is 0.320 e. The third-order valence-corrected chi connectivity index (χ3v) is 6.24. The third-order valence-electron chi connectivity index (χ3n) is 5.69. The fourth-order valence-electron chi connectivity index (χ4n) is 3.95. The summed E-state index contributed by atoms with van der Waals surface area (Å²) in [5.41, 5.74) is 8.68. The lowest BCUT2D eigenvalue weighted by Gasteiger charge is -2.20. The van der Waals surface area contributed by atoms with Gasteiger partial charge in [0.15, 0.2) is 5.82 Å². The highest BCUT2D eigenvalue weighted by atomic mass is 35.5. The molecule has 2 aliphatic heterocycles. The van der Waals surface area contributed by atoms with Crippen molar-refractivity contribution >= 4 is 29.1 Å². The summed E-state index contributed by atoms with van der Waals surface area (Å²) in [5.74, 6) is -1.49. The van der Waals surface area contributed by atoms with E-state index in [1.54, 1.807) is 13.8 Å². The number of nitrogens with one attached hydrogen (secondary N) is 1. The van der Waals surface area contributed by atoms with Crippen LogP contribution in [0, 0.1) is 19.7 Å². The Balaban J connectivity index is 1.54. The highest BCUT2D eigenvalue weighted by molar-refractivity contribution is 6.31. The van der Waals surface area contributed by atoms with Crippen LogP contribution in [0.25, 0.3) is 5.57 Å². The zero-order chi connectivity index (χ0) is 23.9. The first kappa shape index (κ1) is 22.9. The number of carbonyl (C=O) groups excluding carboxylic acids is 1. The fourth-order valence-corrected chi connectivity index (χ4v) is 4.03. The molecule has 33 heavy (non-hydrogen) atoms. The highest BCUT2D eigenvalue weighted by Crippen LogP contribution is 2.29. The van der Waals surface area contributed by atoms with Crippen LogP contribution in [0.5, 0.6) is 5.75 Å². The second kappa shape index (κ2) is 8.95. The van der Waals surface area contributed by atoms with Crippen LogP contribution >= 0.6 is 11.6 Å². The van der Waals surface area contributed by atoms with Crippen LogP contribution in [0.4, 0.5) is 4.39 Å². The molecule has 0 spiro atoms. The minimum atomic E-state index is -0.988. The first-order valence-electron chi connectivity index (χ1n) is 10.3. The number of aryl methyl sites for hydroxylation is 2. The number of hydrogen-bond donors (Lipinski definition) is 3. The van der Waals surface area contributed by atoms with Crippen molar-refractivity contribution in [2.75, 3.05) is 19.6 Å². The summed E-state index contributed by atoms with van der Waals surface area (Å²) in [6.07, 6.45) is -0.306. The van der Waals surface area contributed by atoms with Gasteiger partial charge in [-0.25, -0.2) is 14.4 Å². The molecule has 1 aromatic carbocycles. The van der Waals surface area contributed by atoms with Gasteiger partial charge in [0.25, 0.3) is 5.91 Å². The van der Waals surface area contributed by atoms with Crippen molar-refractivity contribution in [3.8, 4) is 5.75 Å². The van der Waals surface area contributed by atoms with Crippen LogP contribution in [0.3, 0.4) is 0 Å². The normalized spacial score (nSPS) is 20.4. The number of carboxylic acid groups (broad SMARTS) is 1. The van der Waals surface area contributed by atoms with Crippen molar-refractivity contribution in [1.82, 2.24) is 20.2 Å². The molecule has 2 aromatic rings. The molecular weight excluding hydrogens is 453 g/mol. The highest BCUT2D eigenvalue weighted by Gasteiger charge is 2.33. The molecule has 174 valence electrons. The molecule has 2 aliphatic rings. The molecule has 0 unspecified atom stereocenters. The third kappa shape index (κ3) is 4.62. The predicted molar refractivity (Wildman–Crippen MR) is 118 cm³/mol. The maximum Gasteiger partial charge on any atom is 0.320 e. The second-order valence-corrected chi connectivity index (χ2v) is 8.49. The van der Waals surface area contributed by atoms with Crippen LogP contribution in [0.2, 0.25) is 5.02 Å². The SMILES string of the molecule is Cc1nc(C2=C(N)CN(C(=O)c3ccc(F)cc3O[C@@H]3CN[C@H](C(=O)O)C3)C2)nc(C)c1Cl. The van der Waals surface area contributed by atoms with Crippen molar-refractivity contribution < 1.29 is 23.8 Å². The summed E-state index contributed by atoms with van der Waals surface area (Å²) in [6.45, 7) is 4.14. The minimum Gasteiger partial charge on any atom is -0.488 e. The summed E-state index contributed by atoms with van der Waals surface area (Å²) in [4.78, 5) is 34.8. The van der Waals surface area contributed by atoms with E-state index in [1.165, 1.54) is 17.0 Å². The average molecular weight is 476 g/mol. The number of aliphatic carboxylic acids is 1. The number of rotatable bonds is 5. The number of benzene rings is 1. The summed E-state index contributed by atoms with van der Waals surface area (Å²) in [5, 5.41) is 12.5. The van der Waals surface area contributed by atoms with Gasteiger partial charge in [-0.2, -0.15) is 0 Å². The van der Waals surface area contributed by atoms with Crippen molar-refractivity contribution in [3.63, 3.8) is 0 Å². The number of nitrogens with two attached hydrogens (primary N) is 1. The Hall–Kier alpha value is -3.24. The van der Waals surface area contributed by atoms with E-state index in [-0.39, 0.29) is 37.4 Å². The first-order valence-corrected chi connectivity index (χ1v) is 10.7. The van der Waals surface area contributed by atoms with Gasteiger partial charge >= 0.3 is 5.97 Å². The summed E-state index contributed by atoms with van der Waals surface area (Å²) < 4.78 is 19.8. The molecule has 9 nitrogen and oxygen atoms in total. The van der Waals surface area contributed by atoms with Crippen LogP contribution in [-0.4, -0.2) is 63.6 Å². The molecule has 11 heteroatoms. The first-order chi connectivity index (χ1) is 15.6. The second-order valence-electron chi connectivity index (χ2n) is 8.11. The largest absolute Gasteiger partial charge is 0.488 e. The number of amides is 1. The van der Waals surface area contributed by atoms with Crippen LogP contribution in [0.15, 0.2) is 23.9 Å². The Morgan fingerprint density at radius 2 is 1.97 bits per heavy atom. The molecule has 4 N–H and O–H groups in total. The number of carbonyl (C=O) groups is 2. The summed E-state index contributed by atoms with van der Waals surface area (Å²) >= 11 is 6.16. The van der Waals surface area contributed by atoms with Crippen molar-refractivity contribution in [1.29, 1.82) is 0 Å². The minimum absolute atomic E-state index is 0.0549. The standard InChI is InChI=1S/C22H23ClFN5O4/c1-10-19(23)11(2)28-20(27-10)15-8-29(9-16(15)25)21(30)14-4-3-12(24)5-18(14)33-13-6-17(22(31)32)26-7-13/h3-5,13,17,26H,6-9,25H2,1-2H3,(H,31,32)/t13-,17-/m0/s1. The van der Waals surface area contributed by atoms with Crippen LogP contribution in [0.1, 0.15) is 34.0 Å². The molecule has 1 fully saturated rings. The molecule has 1 amide bonds. The Morgan fingerprint density at radius 3 is 2.61 bits per heavy atom. The Bertz CT molecular complexity index is 1150. The number of carboxylic acids is 1. The summed E-state index contributed by atoms with van der Waals surface area (Å²) in [6, 6.07) is 2.91. The van der Waals surface area contributed by atoms with E-state index in [9.17, 15) is 14.0 Å². The molecule has 0 radical (unpaired) electrons. The van der Waals surface area contributed by atoms with Gasteiger partial charge in [0.1, 0.15) is 23.7 Å². The molecule has 0 aliphatic carbocycles. The van der Waals surface area contributed by atoms with E-state index in [2.05, 4.69) is 15.3 Å². The van der Waals surface area contributed by atoms with E-state index in [0.29, 0.717) is 33.5 Å². The quantitative estimate of drug-likeness (QED) is 0.597. The van der Waals surface area contributed by atoms with E-state index in [4.69, 9.17) is 27.2 Å². The molecule has 3 heterocycles. The van der Waals surface area contributed by atoms with Gasteiger partial charge in [0, 0.05) is 30.3 Å². The van der Waals surface area contributed by atoms with Crippen LogP contribution in [-0.2, 0) is 4.79 Å². The van der Waals surface area contributed by atoms with Gasteiger partial charge in [0.2, 0.25) is 0 Å². The van der Waals surface area contributed by atoms with Crippen molar-refractivity contribution in [3.05, 3.63) is 57.5 Å². The predicted octanol–water partition coefficient (Wildman–Crippen LogP) is 1.91. The lowest BCUT2D eigenvalue weighted by molar-refractivity contribution is -0.139. The topological polar surface area (TPSA) is 131 Å².